The topological polar surface area (TPSA) is 58.9 Å². The van der Waals surface area contributed by atoms with Crippen molar-refractivity contribution in [3.05, 3.63) is 0 Å². The third-order valence-corrected chi connectivity index (χ3v) is 10.1. The van der Waals surface area contributed by atoms with Crippen molar-refractivity contribution in [2.24, 2.45) is 29.6 Å². The normalized spacial score (nSPS) is 19.8. The van der Waals surface area contributed by atoms with E-state index in [0.29, 0.717) is 25.0 Å². The molecule has 43 heavy (non-hydrogen) atoms. The molecule has 0 saturated heterocycles. The molecule has 0 aromatic heterocycles. The number of hydrogen-bond acceptors (Lipinski definition) is 4. The van der Waals surface area contributed by atoms with Crippen molar-refractivity contribution in [1.29, 1.82) is 0 Å². The minimum Gasteiger partial charge on any atom is -0.396 e. The minimum absolute atomic E-state index is 0.345. The van der Waals surface area contributed by atoms with E-state index in [0.717, 1.165) is 57.0 Å². The molecule has 0 amide bonds. The van der Waals surface area contributed by atoms with Crippen LogP contribution < -0.4 is 0 Å². The maximum atomic E-state index is 8.90. The van der Waals surface area contributed by atoms with Gasteiger partial charge in [0.25, 0.3) is 0 Å². The second kappa shape index (κ2) is 30.5. The Labute approximate surface area is 269 Å². The molecule has 258 valence electrons. The van der Waals surface area contributed by atoms with E-state index in [2.05, 4.69) is 20.8 Å². The first kappa shape index (κ1) is 40.9. The Morgan fingerprint density at radius 1 is 0.512 bits per heavy atom. The zero-order chi connectivity index (χ0) is 31.2. The van der Waals surface area contributed by atoms with E-state index in [4.69, 9.17) is 19.7 Å². The highest BCUT2D eigenvalue weighted by Crippen LogP contribution is 2.37. The third kappa shape index (κ3) is 25.7. The number of unbranched alkanes of at least 4 members (excludes halogenated alkanes) is 14. The monoisotopic (exact) mass is 611 g/mol. The molecule has 0 aliphatic heterocycles. The Kier molecular flexibility index (Phi) is 29.0. The van der Waals surface area contributed by atoms with Gasteiger partial charge in [-0.3, -0.25) is 0 Å². The van der Waals surface area contributed by atoms with Gasteiger partial charge in [-0.25, -0.2) is 0 Å². The summed E-state index contributed by atoms with van der Waals surface area (Å²) in [5.74, 6) is 3.96. The molecule has 0 heterocycles. The van der Waals surface area contributed by atoms with E-state index in [9.17, 15) is 0 Å². The molecule has 1 saturated carbocycles. The van der Waals surface area contributed by atoms with Crippen molar-refractivity contribution in [3.63, 3.8) is 0 Å². The van der Waals surface area contributed by atoms with Gasteiger partial charge in [-0.2, -0.15) is 0 Å². The average molecular weight is 611 g/mol. The van der Waals surface area contributed by atoms with E-state index in [1.54, 1.807) is 0 Å². The summed E-state index contributed by atoms with van der Waals surface area (Å²) in [6.45, 7) is 11.6. The molecule has 4 heteroatoms. The number of rotatable bonds is 32. The number of ether oxygens (including phenoxy) is 2. The summed E-state index contributed by atoms with van der Waals surface area (Å²) >= 11 is 0. The Balaban J connectivity index is 2.29. The van der Waals surface area contributed by atoms with Crippen LogP contribution in [-0.4, -0.2) is 49.9 Å². The van der Waals surface area contributed by atoms with E-state index < -0.39 is 0 Å². The van der Waals surface area contributed by atoms with Crippen LogP contribution in [0.3, 0.4) is 0 Å². The van der Waals surface area contributed by atoms with Gasteiger partial charge >= 0.3 is 0 Å². The molecule has 0 aromatic carbocycles. The molecule has 4 unspecified atom stereocenters. The first-order chi connectivity index (χ1) is 21.1. The van der Waals surface area contributed by atoms with Crippen molar-refractivity contribution in [1.82, 2.24) is 0 Å². The van der Waals surface area contributed by atoms with E-state index >= 15 is 0 Å². The molecule has 2 N–H and O–H groups in total. The van der Waals surface area contributed by atoms with Crippen LogP contribution in [0, 0.1) is 29.6 Å². The van der Waals surface area contributed by atoms with Crippen LogP contribution in [0.25, 0.3) is 0 Å². The first-order valence-corrected chi connectivity index (χ1v) is 19.4. The van der Waals surface area contributed by atoms with Crippen LogP contribution in [0.5, 0.6) is 0 Å². The van der Waals surface area contributed by atoms with Crippen molar-refractivity contribution in [2.45, 2.75) is 181 Å². The third-order valence-electron chi connectivity index (χ3n) is 10.1. The summed E-state index contributed by atoms with van der Waals surface area (Å²) in [7, 11) is 0. The zero-order valence-corrected chi connectivity index (χ0v) is 29.5. The van der Waals surface area contributed by atoms with Crippen molar-refractivity contribution >= 4 is 0 Å². The molecular formula is C39H78O4. The SMILES string of the molecule is CC(C)CCCC(C)CCCC1CCC(COCCCCCCCCCCO)C(COCCCCCCCCCCO)C1. The molecule has 0 bridgehead atoms. The van der Waals surface area contributed by atoms with E-state index in [1.807, 2.05) is 0 Å². The van der Waals surface area contributed by atoms with E-state index in [-0.39, 0.29) is 0 Å². The summed E-state index contributed by atoms with van der Waals surface area (Å²) in [5.41, 5.74) is 0. The molecule has 0 radical (unpaired) electrons. The van der Waals surface area contributed by atoms with Gasteiger partial charge in [0.15, 0.2) is 0 Å². The maximum Gasteiger partial charge on any atom is 0.0497 e. The molecule has 0 spiro atoms. The van der Waals surface area contributed by atoms with Gasteiger partial charge < -0.3 is 19.7 Å². The Morgan fingerprint density at radius 2 is 0.977 bits per heavy atom. The molecular weight excluding hydrogens is 532 g/mol. The second-order valence-corrected chi connectivity index (χ2v) is 14.8. The van der Waals surface area contributed by atoms with Gasteiger partial charge in [0, 0.05) is 39.6 Å². The van der Waals surface area contributed by atoms with Gasteiger partial charge in [-0.05, 0) is 68.1 Å². The Morgan fingerprint density at radius 3 is 1.49 bits per heavy atom. The molecule has 1 rings (SSSR count). The van der Waals surface area contributed by atoms with Crippen molar-refractivity contribution in [2.75, 3.05) is 39.6 Å². The number of aliphatic hydroxyl groups excluding tert-OH is 2. The fraction of sp³-hybridized carbons (Fsp3) is 1.00. The smallest absolute Gasteiger partial charge is 0.0497 e. The highest BCUT2D eigenvalue weighted by Gasteiger charge is 2.30. The van der Waals surface area contributed by atoms with Gasteiger partial charge in [-0.15, -0.1) is 0 Å². The summed E-state index contributed by atoms with van der Waals surface area (Å²) in [6.07, 6.45) is 32.2. The minimum atomic E-state index is 0.345. The molecule has 4 atom stereocenters. The molecule has 4 nitrogen and oxygen atoms in total. The largest absolute Gasteiger partial charge is 0.396 e. The van der Waals surface area contributed by atoms with Gasteiger partial charge in [0.2, 0.25) is 0 Å². The number of hydrogen-bond donors (Lipinski definition) is 2. The first-order valence-electron chi connectivity index (χ1n) is 19.4. The lowest BCUT2D eigenvalue weighted by Crippen LogP contribution is -2.32. The van der Waals surface area contributed by atoms with Gasteiger partial charge in [-0.1, -0.05) is 143 Å². The molecule has 1 aliphatic carbocycles. The number of aliphatic hydroxyl groups is 2. The molecule has 0 aromatic rings. The summed E-state index contributed by atoms with van der Waals surface area (Å²) < 4.78 is 12.6. The quantitative estimate of drug-likeness (QED) is 0.0744. The highest BCUT2D eigenvalue weighted by molar-refractivity contribution is 4.80. The summed E-state index contributed by atoms with van der Waals surface area (Å²) in [4.78, 5) is 0. The van der Waals surface area contributed by atoms with Crippen LogP contribution in [0.4, 0.5) is 0 Å². The lowest BCUT2D eigenvalue weighted by molar-refractivity contribution is -0.000491. The lowest BCUT2D eigenvalue weighted by Gasteiger charge is -2.36. The van der Waals surface area contributed by atoms with Crippen LogP contribution in [0.2, 0.25) is 0 Å². The zero-order valence-electron chi connectivity index (χ0n) is 29.5. The maximum absolute atomic E-state index is 8.90. The molecule has 1 fully saturated rings. The fourth-order valence-electron chi connectivity index (χ4n) is 7.11. The predicted molar refractivity (Wildman–Crippen MR) is 186 cm³/mol. The van der Waals surface area contributed by atoms with Gasteiger partial charge in [0.1, 0.15) is 0 Å². The van der Waals surface area contributed by atoms with Gasteiger partial charge in [0.05, 0.1) is 0 Å². The van der Waals surface area contributed by atoms with E-state index in [1.165, 1.54) is 148 Å². The Hall–Kier alpha value is -0.160. The average Bonchev–Trinajstić information content (AvgIpc) is 2.99. The second-order valence-electron chi connectivity index (χ2n) is 14.8. The summed E-state index contributed by atoms with van der Waals surface area (Å²) in [6, 6.07) is 0. The summed E-state index contributed by atoms with van der Waals surface area (Å²) in [5, 5.41) is 17.8. The van der Waals surface area contributed by atoms with Crippen LogP contribution in [-0.2, 0) is 9.47 Å². The van der Waals surface area contributed by atoms with Crippen LogP contribution in [0.1, 0.15) is 181 Å². The predicted octanol–water partition coefficient (Wildman–Crippen LogP) is 10.9. The highest BCUT2D eigenvalue weighted by atomic mass is 16.5. The van der Waals surface area contributed by atoms with Crippen molar-refractivity contribution < 1.29 is 19.7 Å². The van der Waals surface area contributed by atoms with Crippen LogP contribution >= 0.6 is 0 Å². The standard InChI is InChI=1S/C39H78O4/c1-35(2)22-20-23-36(3)24-21-25-37-26-27-38(33-42-30-18-14-10-6-4-8-12-16-28-40)39(32-37)34-43-31-19-15-11-7-5-9-13-17-29-41/h35-41H,4-34H2,1-3H3. The Bertz CT molecular complexity index is 553. The fourth-order valence-corrected chi connectivity index (χ4v) is 7.11. The lowest BCUT2D eigenvalue weighted by atomic mass is 9.73. The van der Waals surface area contributed by atoms with Crippen LogP contribution in [0.15, 0.2) is 0 Å². The van der Waals surface area contributed by atoms with Crippen molar-refractivity contribution in [3.8, 4) is 0 Å². The molecule has 1 aliphatic rings.